The minimum atomic E-state index is -0.466. The van der Waals surface area contributed by atoms with Crippen LogP contribution in [0.2, 0.25) is 5.02 Å². The molecule has 5 nitrogen and oxygen atoms in total. The Balaban J connectivity index is 1.91. The molecule has 0 saturated heterocycles. The van der Waals surface area contributed by atoms with Crippen LogP contribution in [0.4, 0.5) is 5.00 Å². The van der Waals surface area contributed by atoms with E-state index in [1.165, 1.54) is 11.3 Å². The number of hydrogen-bond donors (Lipinski definition) is 1. The number of methoxy groups -OCH3 is 1. The first-order chi connectivity index (χ1) is 14.4. The average molecular weight is 444 g/mol. The fourth-order valence-electron chi connectivity index (χ4n) is 3.09. The van der Waals surface area contributed by atoms with Crippen LogP contribution in [0, 0.1) is 6.92 Å². The van der Waals surface area contributed by atoms with Crippen molar-refractivity contribution >= 4 is 39.8 Å². The number of esters is 1. The molecule has 0 spiro atoms. The normalized spacial score (nSPS) is 10.5. The van der Waals surface area contributed by atoms with Gasteiger partial charge in [-0.3, -0.25) is 4.79 Å². The van der Waals surface area contributed by atoms with Gasteiger partial charge in [-0.05, 0) is 49.2 Å². The molecular formula is C23H22ClNO4S. The highest BCUT2D eigenvalue weighted by Crippen LogP contribution is 2.40. The Morgan fingerprint density at radius 3 is 2.33 bits per heavy atom. The van der Waals surface area contributed by atoms with Crippen molar-refractivity contribution in [3.8, 4) is 16.9 Å². The molecule has 1 amide bonds. The Morgan fingerprint density at radius 1 is 1.07 bits per heavy atom. The molecule has 0 aliphatic rings. The maximum absolute atomic E-state index is 12.7. The molecule has 0 radical (unpaired) electrons. The van der Waals surface area contributed by atoms with E-state index < -0.39 is 5.97 Å². The summed E-state index contributed by atoms with van der Waals surface area (Å²) in [7, 11) is 1.59. The van der Waals surface area contributed by atoms with Gasteiger partial charge in [0, 0.05) is 15.5 Å². The van der Waals surface area contributed by atoms with Crippen molar-refractivity contribution in [2.75, 3.05) is 19.0 Å². The largest absolute Gasteiger partial charge is 0.497 e. The Bertz CT molecular complexity index is 1040. The molecule has 156 valence electrons. The summed E-state index contributed by atoms with van der Waals surface area (Å²) in [4.78, 5) is 26.3. The Morgan fingerprint density at radius 2 is 1.73 bits per heavy atom. The van der Waals surface area contributed by atoms with E-state index in [2.05, 4.69) is 5.32 Å². The first-order valence-corrected chi connectivity index (χ1v) is 10.6. The lowest BCUT2D eigenvalue weighted by atomic mass is 10.0. The first-order valence-electron chi connectivity index (χ1n) is 9.42. The van der Waals surface area contributed by atoms with Gasteiger partial charge in [0.1, 0.15) is 16.3 Å². The highest BCUT2D eigenvalue weighted by atomic mass is 35.5. The van der Waals surface area contributed by atoms with Gasteiger partial charge in [0.05, 0.1) is 20.1 Å². The molecule has 1 heterocycles. The van der Waals surface area contributed by atoms with Crippen molar-refractivity contribution < 1.29 is 19.1 Å². The van der Waals surface area contributed by atoms with Gasteiger partial charge in [-0.1, -0.05) is 35.9 Å². The zero-order chi connectivity index (χ0) is 21.7. The second-order valence-corrected chi connectivity index (χ2v) is 8.20. The Kier molecular flexibility index (Phi) is 7.13. The molecule has 0 fully saturated rings. The topological polar surface area (TPSA) is 64.6 Å². The smallest absolute Gasteiger partial charge is 0.341 e. The number of aryl methyl sites for hydroxylation is 1. The lowest BCUT2D eigenvalue weighted by molar-refractivity contribution is -0.115. The van der Waals surface area contributed by atoms with Crippen LogP contribution in [0.5, 0.6) is 5.75 Å². The molecular weight excluding hydrogens is 422 g/mol. The summed E-state index contributed by atoms with van der Waals surface area (Å²) in [5.74, 6) is 0.0476. The number of carbonyl (C=O) groups excluding carboxylic acids is 2. The average Bonchev–Trinajstić information content (AvgIpc) is 3.05. The molecule has 7 heteroatoms. The molecule has 3 aromatic rings. The fraction of sp³-hybridized carbons (Fsp3) is 0.217. The molecule has 3 rings (SSSR count). The number of hydrogen-bond acceptors (Lipinski definition) is 5. The van der Waals surface area contributed by atoms with Crippen LogP contribution in [0.3, 0.4) is 0 Å². The van der Waals surface area contributed by atoms with Crippen LogP contribution in [0.15, 0.2) is 48.5 Å². The van der Waals surface area contributed by atoms with Crippen molar-refractivity contribution in [3.05, 3.63) is 69.6 Å². The number of rotatable bonds is 7. The van der Waals surface area contributed by atoms with Crippen molar-refractivity contribution in [3.63, 3.8) is 0 Å². The second-order valence-electron chi connectivity index (χ2n) is 6.54. The van der Waals surface area contributed by atoms with E-state index in [1.54, 1.807) is 38.3 Å². The summed E-state index contributed by atoms with van der Waals surface area (Å²) >= 11 is 7.36. The Labute approximate surface area is 184 Å². The summed E-state index contributed by atoms with van der Waals surface area (Å²) in [5, 5.41) is 3.98. The molecule has 1 N–H and O–H groups in total. The minimum Gasteiger partial charge on any atom is -0.497 e. The third-order valence-electron chi connectivity index (χ3n) is 4.47. The molecule has 0 aliphatic heterocycles. The number of benzene rings is 2. The summed E-state index contributed by atoms with van der Waals surface area (Å²) in [5.41, 5.74) is 2.80. The molecule has 1 aromatic heterocycles. The third kappa shape index (κ3) is 5.01. The minimum absolute atomic E-state index is 0.180. The van der Waals surface area contributed by atoms with Gasteiger partial charge in [-0.15, -0.1) is 11.3 Å². The number of ether oxygens (including phenoxy) is 2. The number of amides is 1. The van der Waals surface area contributed by atoms with E-state index in [4.69, 9.17) is 21.1 Å². The molecule has 0 atom stereocenters. The quantitative estimate of drug-likeness (QED) is 0.472. The number of thiophene rings is 1. The maximum atomic E-state index is 12.7. The van der Waals surface area contributed by atoms with Gasteiger partial charge in [0.2, 0.25) is 5.91 Å². The standard InChI is InChI=1S/C23H22ClNO4S/c1-4-29-23(27)21-20(16-7-9-17(24)10-8-16)14(2)30-22(21)25-19(26)13-15-5-11-18(28-3)12-6-15/h5-12H,4,13H2,1-3H3,(H,25,26). The summed E-state index contributed by atoms with van der Waals surface area (Å²) in [6, 6.07) is 14.5. The van der Waals surface area contributed by atoms with E-state index in [9.17, 15) is 9.59 Å². The van der Waals surface area contributed by atoms with Crippen LogP contribution in [0.25, 0.3) is 11.1 Å². The molecule has 30 heavy (non-hydrogen) atoms. The van der Waals surface area contributed by atoms with Crippen LogP contribution in [-0.4, -0.2) is 25.6 Å². The van der Waals surface area contributed by atoms with E-state index >= 15 is 0 Å². The lowest BCUT2D eigenvalue weighted by Crippen LogP contribution is -2.16. The van der Waals surface area contributed by atoms with Gasteiger partial charge in [0.25, 0.3) is 0 Å². The maximum Gasteiger partial charge on any atom is 0.341 e. The van der Waals surface area contributed by atoms with Crippen molar-refractivity contribution in [1.82, 2.24) is 0 Å². The fourth-order valence-corrected chi connectivity index (χ4v) is 4.30. The Hall–Kier alpha value is -2.83. The molecule has 2 aromatic carbocycles. The summed E-state index contributed by atoms with van der Waals surface area (Å²) < 4.78 is 10.4. The number of carbonyl (C=O) groups is 2. The monoisotopic (exact) mass is 443 g/mol. The highest BCUT2D eigenvalue weighted by Gasteiger charge is 2.25. The molecule has 0 aliphatic carbocycles. The number of anilines is 1. The van der Waals surface area contributed by atoms with Crippen molar-refractivity contribution in [2.45, 2.75) is 20.3 Å². The zero-order valence-electron chi connectivity index (χ0n) is 17.0. The van der Waals surface area contributed by atoms with Gasteiger partial charge in [-0.2, -0.15) is 0 Å². The summed E-state index contributed by atoms with van der Waals surface area (Å²) in [6.07, 6.45) is 0.180. The predicted molar refractivity (Wildman–Crippen MR) is 121 cm³/mol. The van der Waals surface area contributed by atoms with Crippen LogP contribution >= 0.6 is 22.9 Å². The third-order valence-corrected chi connectivity index (χ3v) is 5.75. The van der Waals surface area contributed by atoms with Gasteiger partial charge in [-0.25, -0.2) is 4.79 Å². The SMILES string of the molecule is CCOC(=O)c1c(NC(=O)Cc2ccc(OC)cc2)sc(C)c1-c1ccc(Cl)cc1. The molecule has 0 bridgehead atoms. The van der Waals surface area contributed by atoms with E-state index in [0.29, 0.717) is 15.6 Å². The zero-order valence-corrected chi connectivity index (χ0v) is 18.5. The van der Waals surface area contributed by atoms with Crippen LogP contribution in [0.1, 0.15) is 27.7 Å². The van der Waals surface area contributed by atoms with E-state index in [1.807, 2.05) is 31.2 Å². The van der Waals surface area contributed by atoms with Crippen LogP contribution < -0.4 is 10.1 Å². The number of nitrogens with one attached hydrogen (secondary N) is 1. The van der Waals surface area contributed by atoms with E-state index in [-0.39, 0.29) is 18.9 Å². The molecule has 0 unspecified atom stereocenters. The second kappa shape index (κ2) is 9.78. The van der Waals surface area contributed by atoms with Crippen molar-refractivity contribution in [2.24, 2.45) is 0 Å². The van der Waals surface area contributed by atoms with Crippen LogP contribution in [-0.2, 0) is 16.0 Å². The number of halogens is 1. The van der Waals surface area contributed by atoms with E-state index in [0.717, 1.165) is 27.3 Å². The first kappa shape index (κ1) is 21.9. The van der Waals surface area contributed by atoms with Gasteiger partial charge < -0.3 is 14.8 Å². The van der Waals surface area contributed by atoms with Crippen molar-refractivity contribution in [1.29, 1.82) is 0 Å². The summed E-state index contributed by atoms with van der Waals surface area (Å²) in [6.45, 7) is 3.91. The van der Waals surface area contributed by atoms with Gasteiger partial charge >= 0.3 is 5.97 Å². The highest BCUT2D eigenvalue weighted by molar-refractivity contribution is 7.17. The van der Waals surface area contributed by atoms with Gasteiger partial charge in [0.15, 0.2) is 0 Å². The molecule has 0 saturated carbocycles. The predicted octanol–water partition coefficient (Wildman–Crippen LogP) is 5.74. The lowest BCUT2D eigenvalue weighted by Gasteiger charge is -2.09.